The molecule has 1 aromatic carbocycles. The number of likely N-dealkylation sites (tertiary alicyclic amines) is 1. The third kappa shape index (κ3) is 3.90. The topological polar surface area (TPSA) is 49.9 Å². The van der Waals surface area contributed by atoms with Gasteiger partial charge in [-0.25, -0.2) is 4.79 Å². The lowest BCUT2D eigenvalue weighted by Crippen LogP contribution is -2.39. The van der Waals surface area contributed by atoms with Crippen LogP contribution in [-0.4, -0.2) is 40.5 Å². The van der Waals surface area contributed by atoms with Crippen LogP contribution in [0.5, 0.6) is 0 Å². The smallest absolute Gasteiger partial charge is 0.410 e. The third-order valence-electron chi connectivity index (χ3n) is 5.01. The van der Waals surface area contributed by atoms with E-state index >= 15 is 0 Å². The van der Waals surface area contributed by atoms with Crippen molar-refractivity contribution in [2.24, 2.45) is 0 Å². The molecule has 1 atom stereocenters. The van der Waals surface area contributed by atoms with Gasteiger partial charge in [-0.1, -0.05) is 15.9 Å². The van der Waals surface area contributed by atoms with Crippen LogP contribution < -0.4 is 0 Å². The molecule has 0 saturated carbocycles. The first-order valence-electron chi connectivity index (χ1n) is 9.28. The first kappa shape index (κ1) is 19.2. The van der Waals surface area contributed by atoms with E-state index in [0.717, 1.165) is 28.4 Å². The van der Waals surface area contributed by atoms with Crippen molar-refractivity contribution >= 4 is 27.9 Å². The molecule has 0 radical (unpaired) electrons. The summed E-state index contributed by atoms with van der Waals surface area (Å²) in [5, 5.41) is 0. The summed E-state index contributed by atoms with van der Waals surface area (Å²) in [4.78, 5) is 28.7. The molecule has 0 unspecified atom stereocenters. The van der Waals surface area contributed by atoms with Crippen molar-refractivity contribution in [3.8, 4) is 0 Å². The monoisotopic (exact) mass is 422 g/mol. The second kappa shape index (κ2) is 7.22. The molecule has 1 fully saturated rings. The van der Waals surface area contributed by atoms with Crippen molar-refractivity contribution in [2.75, 3.05) is 13.1 Å². The maximum atomic E-state index is 12.7. The molecule has 3 rings (SSSR count). The number of benzene rings is 1. The Morgan fingerprint density at radius 3 is 2.73 bits per heavy atom. The Morgan fingerprint density at radius 1 is 1.35 bits per heavy atom. The van der Waals surface area contributed by atoms with E-state index < -0.39 is 5.60 Å². The van der Waals surface area contributed by atoms with Crippen molar-refractivity contribution in [3.05, 3.63) is 33.3 Å². The molecule has 2 heterocycles. The molecule has 0 aromatic heterocycles. The van der Waals surface area contributed by atoms with E-state index in [-0.39, 0.29) is 18.0 Å². The summed E-state index contributed by atoms with van der Waals surface area (Å²) in [6.45, 7) is 9.70. The minimum Gasteiger partial charge on any atom is -0.444 e. The van der Waals surface area contributed by atoms with Crippen LogP contribution in [0.2, 0.25) is 0 Å². The highest BCUT2D eigenvalue weighted by molar-refractivity contribution is 9.10. The Morgan fingerprint density at radius 2 is 2.08 bits per heavy atom. The zero-order valence-electron chi connectivity index (χ0n) is 16.0. The average molecular weight is 423 g/mol. The summed E-state index contributed by atoms with van der Waals surface area (Å²) in [7, 11) is 0. The first-order valence-corrected chi connectivity index (χ1v) is 10.1. The first-order chi connectivity index (χ1) is 12.2. The van der Waals surface area contributed by atoms with Crippen molar-refractivity contribution in [1.82, 2.24) is 9.80 Å². The number of halogens is 1. The summed E-state index contributed by atoms with van der Waals surface area (Å²) >= 11 is 3.59. The lowest BCUT2D eigenvalue weighted by molar-refractivity contribution is -0.131. The number of amides is 2. The highest BCUT2D eigenvalue weighted by Crippen LogP contribution is 2.39. The quantitative estimate of drug-likeness (QED) is 0.708. The largest absolute Gasteiger partial charge is 0.444 e. The van der Waals surface area contributed by atoms with Gasteiger partial charge in [-0.05, 0) is 69.4 Å². The molecule has 0 spiro atoms. The molecule has 1 saturated heterocycles. The average Bonchev–Trinajstić information content (AvgIpc) is 3.01. The molecule has 2 aliphatic rings. The van der Waals surface area contributed by atoms with Crippen LogP contribution in [0, 0.1) is 0 Å². The van der Waals surface area contributed by atoms with Crippen LogP contribution in [0.15, 0.2) is 16.6 Å². The molecule has 2 aliphatic heterocycles. The number of carbonyl (C=O) groups excluding carboxylic acids is 2. The standard InChI is InChI=1S/C20H27BrN2O3/c1-5-22-12-16-13(10-18(22)24)9-14(21)11-15(16)17-7-6-8-23(17)19(25)26-20(2,3)4/h9,11,17H,5-8,10,12H2,1-4H3/t17-/m0/s1. The zero-order valence-corrected chi connectivity index (χ0v) is 17.6. The number of ether oxygens (including phenoxy) is 1. The van der Waals surface area contributed by atoms with Crippen molar-refractivity contribution in [1.29, 1.82) is 0 Å². The molecule has 1 aromatic rings. The van der Waals surface area contributed by atoms with E-state index in [1.165, 1.54) is 5.56 Å². The van der Waals surface area contributed by atoms with E-state index in [1.807, 2.05) is 43.6 Å². The van der Waals surface area contributed by atoms with Crippen LogP contribution in [0.1, 0.15) is 63.3 Å². The summed E-state index contributed by atoms with van der Waals surface area (Å²) in [5.74, 6) is 0.166. The number of fused-ring (bicyclic) bond motifs is 1. The molecule has 0 aliphatic carbocycles. The number of hydrogen-bond donors (Lipinski definition) is 0. The second-order valence-corrected chi connectivity index (χ2v) is 8.96. The predicted octanol–water partition coefficient (Wildman–Crippen LogP) is 4.43. The Balaban J connectivity index is 1.96. The van der Waals surface area contributed by atoms with Crippen molar-refractivity contribution < 1.29 is 14.3 Å². The number of hydrogen-bond acceptors (Lipinski definition) is 3. The minimum absolute atomic E-state index is 0.00279. The molecule has 5 nitrogen and oxygen atoms in total. The summed E-state index contributed by atoms with van der Waals surface area (Å²) in [6, 6.07) is 4.15. The predicted molar refractivity (Wildman–Crippen MR) is 104 cm³/mol. The molecule has 26 heavy (non-hydrogen) atoms. The normalized spacial score (nSPS) is 20.3. The Kier molecular flexibility index (Phi) is 5.33. The number of rotatable bonds is 2. The fourth-order valence-corrected chi connectivity index (χ4v) is 4.36. The molecule has 0 bridgehead atoms. The van der Waals surface area contributed by atoms with Gasteiger partial charge in [-0.15, -0.1) is 0 Å². The van der Waals surface area contributed by atoms with E-state index in [4.69, 9.17) is 4.74 Å². The maximum Gasteiger partial charge on any atom is 0.410 e. The Bertz CT molecular complexity index is 727. The Hall–Kier alpha value is -1.56. The SMILES string of the molecule is CCN1Cc2c(cc(Br)cc2[C@@H]2CCCN2C(=O)OC(C)(C)C)CC1=O. The van der Waals surface area contributed by atoms with Crippen molar-refractivity contribution in [3.63, 3.8) is 0 Å². The van der Waals surface area contributed by atoms with Gasteiger partial charge in [0.15, 0.2) is 0 Å². The number of carbonyl (C=O) groups is 2. The number of nitrogens with zero attached hydrogens (tertiary/aromatic N) is 2. The molecular weight excluding hydrogens is 396 g/mol. The van der Waals surface area contributed by atoms with Crippen molar-refractivity contribution in [2.45, 2.75) is 65.1 Å². The van der Waals surface area contributed by atoms with Gasteiger partial charge >= 0.3 is 6.09 Å². The number of likely N-dealkylation sites (N-methyl/N-ethyl adjacent to an activating group) is 1. The summed E-state index contributed by atoms with van der Waals surface area (Å²) in [6.07, 6.45) is 2.05. The molecule has 6 heteroatoms. The zero-order chi connectivity index (χ0) is 19.1. The van der Waals surface area contributed by atoms with Gasteiger partial charge in [0, 0.05) is 24.1 Å². The summed E-state index contributed by atoms with van der Waals surface area (Å²) in [5.41, 5.74) is 2.89. The molecular formula is C20H27BrN2O3. The lowest BCUT2D eigenvalue weighted by Gasteiger charge is -2.34. The second-order valence-electron chi connectivity index (χ2n) is 8.05. The highest BCUT2D eigenvalue weighted by Gasteiger charge is 2.36. The molecule has 2 amide bonds. The Labute approximate surface area is 163 Å². The molecule has 0 N–H and O–H groups in total. The fraction of sp³-hybridized carbons (Fsp3) is 0.600. The van der Waals surface area contributed by atoms with Gasteiger partial charge < -0.3 is 14.5 Å². The molecule has 142 valence electrons. The van der Waals surface area contributed by atoms with Gasteiger partial charge in [0.05, 0.1) is 12.5 Å². The minimum atomic E-state index is -0.508. The summed E-state index contributed by atoms with van der Waals surface area (Å²) < 4.78 is 6.58. The van der Waals surface area contributed by atoms with Gasteiger partial charge in [0.2, 0.25) is 5.91 Å². The van der Waals surface area contributed by atoms with Crippen LogP contribution in [-0.2, 0) is 22.5 Å². The maximum absolute atomic E-state index is 12.7. The van der Waals surface area contributed by atoms with E-state index in [0.29, 0.717) is 26.1 Å². The van der Waals surface area contributed by atoms with E-state index in [2.05, 4.69) is 22.0 Å². The van der Waals surface area contributed by atoms with Crippen LogP contribution >= 0.6 is 15.9 Å². The van der Waals surface area contributed by atoms with Gasteiger partial charge in [-0.2, -0.15) is 0 Å². The van der Waals surface area contributed by atoms with Gasteiger partial charge in [0.1, 0.15) is 5.60 Å². The highest BCUT2D eigenvalue weighted by atomic mass is 79.9. The third-order valence-corrected chi connectivity index (χ3v) is 5.46. The van der Waals surface area contributed by atoms with Gasteiger partial charge in [0.25, 0.3) is 0 Å². The van der Waals surface area contributed by atoms with E-state index in [9.17, 15) is 9.59 Å². The van der Waals surface area contributed by atoms with Crippen LogP contribution in [0.25, 0.3) is 0 Å². The lowest BCUT2D eigenvalue weighted by atomic mass is 9.90. The van der Waals surface area contributed by atoms with Crippen LogP contribution in [0.4, 0.5) is 4.79 Å². The fourth-order valence-electron chi connectivity index (χ4n) is 3.84. The van der Waals surface area contributed by atoms with E-state index in [1.54, 1.807) is 0 Å². The van der Waals surface area contributed by atoms with Gasteiger partial charge in [-0.3, -0.25) is 4.79 Å². The van der Waals surface area contributed by atoms with Crippen LogP contribution in [0.3, 0.4) is 0 Å².